The topological polar surface area (TPSA) is 142 Å². The Hall–Kier alpha value is -5.31. The summed E-state index contributed by atoms with van der Waals surface area (Å²) in [4.78, 5) is 50.2. The van der Waals surface area contributed by atoms with E-state index in [4.69, 9.17) is 10.5 Å². The molecule has 0 aliphatic carbocycles. The zero-order valence-electron chi connectivity index (χ0n) is 23.7. The van der Waals surface area contributed by atoms with Crippen LogP contribution < -0.4 is 11.1 Å². The summed E-state index contributed by atoms with van der Waals surface area (Å²) < 4.78 is 5.13. The molecule has 0 spiro atoms. The number of ether oxygens (including phenoxy) is 1. The number of nitro benzene ring substituents is 1. The normalized spacial score (nSPS) is 12.5. The number of nitrogens with zero attached hydrogens (tertiary/aromatic N) is 1. The summed E-state index contributed by atoms with van der Waals surface area (Å²) in [6, 6.07) is 33.0. The number of hydrogen-bond donors (Lipinski definition) is 2. The Kier molecular flexibility index (Phi) is 10.0. The molecule has 2 amide bonds. The summed E-state index contributed by atoms with van der Waals surface area (Å²) in [7, 11) is 0. The summed E-state index contributed by atoms with van der Waals surface area (Å²) in [5, 5.41) is 14.0. The summed E-state index contributed by atoms with van der Waals surface area (Å²) in [5.41, 5.74) is 7.78. The number of esters is 1. The van der Waals surface area contributed by atoms with Gasteiger partial charge in [0, 0.05) is 24.5 Å². The molecule has 0 radical (unpaired) electrons. The van der Waals surface area contributed by atoms with Crippen LogP contribution in [0.25, 0.3) is 0 Å². The van der Waals surface area contributed by atoms with Crippen LogP contribution in [0.1, 0.15) is 47.9 Å². The molecule has 0 heterocycles. The van der Waals surface area contributed by atoms with Gasteiger partial charge in [0.2, 0.25) is 11.8 Å². The van der Waals surface area contributed by atoms with Crippen molar-refractivity contribution in [2.75, 3.05) is 6.61 Å². The molecule has 2 atom stereocenters. The third-order valence-electron chi connectivity index (χ3n) is 7.47. The predicted octanol–water partition coefficient (Wildman–Crippen LogP) is 5.03. The molecule has 0 aliphatic heterocycles. The number of primary amides is 1. The average Bonchev–Trinajstić information content (AvgIpc) is 3.03. The van der Waals surface area contributed by atoms with Gasteiger partial charge in [0.25, 0.3) is 5.69 Å². The van der Waals surface area contributed by atoms with Gasteiger partial charge in [-0.15, -0.1) is 0 Å². The number of carbonyl (C=O) groups excluding carboxylic acids is 3. The lowest BCUT2D eigenvalue weighted by molar-refractivity contribution is -0.384. The fraction of sp³-hybridized carbons (Fsp3) is 0.206. The lowest BCUT2D eigenvalue weighted by atomic mass is 9.67. The van der Waals surface area contributed by atoms with Crippen LogP contribution in [0.15, 0.2) is 115 Å². The Bertz CT molecular complexity index is 1450. The fourth-order valence-corrected chi connectivity index (χ4v) is 5.48. The van der Waals surface area contributed by atoms with E-state index in [9.17, 15) is 24.5 Å². The third-order valence-corrected chi connectivity index (χ3v) is 7.47. The van der Waals surface area contributed by atoms with Crippen molar-refractivity contribution in [1.29, 1.82) is 0 Å². The van der Waals surface area contributed by atoms with Crippen LogP contribution in [0.4, 0.5) is 5.69 Å². The molecular formula is C34H33N3O6. The highest BCUT2D eigenvalue weighted by atomic mass is 16.6. The van der Waals surface area contributed by atoms with Crippen molar-refractivity contribution in [3.8, 4) is 0 Å². The minimum atomic E-state index is -1.31. The highest BCUT2D eigenvalue weighted by Crippen LogP contribution is 2.42. The van der Waals surface area contributed by atoms with E-state index < -0.39 is 40.1 Å². The van der Waals surface area contributed by atoms with Crippen molar-refractivity contribution in [3.05, 3.63) is 148 Å². The molecule has 0 aliphatic rings. The molecular weight excluding hydrogens is 546 g/mol. The second-order valence-electron chi connectivity index (χ2n) is 10.1. The maximum atomic E-state index is 14.1. The lowest BCUT2D eigenvalue weighted by Crippen LogP contribution is -2.50. The first kappa shape index (κ1) is 30.6. The van der Waals surface area contributed by atoms with Gasteiger partial charge in [-0.2, -0.15) is 0 Å². The van der Waals surface area contributed by atoms with E-state index >= 15 is 0 Å². The summed E-state index contributed by atoms with van der Waals surface area (Å²) >= 11 is 0. The van der Waals surface area contributed by atoms with Crippen molar-refractivity contribution in [2.24, 2.45) is 5.73 Å². The van der Waals surface area contributed by atoms with Gasteiger partial charge in [0.15, 0.2) is 0 Å². The van der Waals surface area contributed by atoms with Crippen molar-refractivity contribution in [3.63, 3.8) is 0 Å². The number of hydrogen-bond acceptors (Lipinski definition) is 6. The lowest BCUT2D eigenvalue weighted by Gasteiger charge is -2.36. The number of nitro groups is 1. The van der Waals surface area contributed by atoms with Gasteiger partial charge >= 0.3 is 5.97 Å². The molecule has 0 aromatic heterocycles. The summed E-state index contributed by atoms with van der Waals surface area (Å²) in [6.45, 7) is 1.77. The number of non-ortho nitro benzene ring substituents is 1. The Morgan fingerprint density at radius 2 is 1.28 bits per heavy atom. The molecule has 220 valence electrons. The molecule has 0 unspecified atom stereocenters. The van der Waals surface area contributed by atoms with E-state index in [0.29, 0.717) is 5.56 Å². The SMILES string of the molecule is CCOC(=O)C[C@H](c1ccc([N+](=O)[O-])cc1)[C@H](NC(=O)CC(c1ccccc1)(c1ccccc1)c1ccccc1)C(N)=O. The summed E-state index contributed by atoms with van der Waals surface area (Å²) in [6.07, 6.45) is -0.359. The number of rotatable bonds is 13. The summed E-state index contributed by atoms with van der Waals surface area (Å²) in [5.74, 6) is -2.86. The first-order chi connectivity index (χ1) is 20.8. The van der Waals surface area contributed by atoms with E-state index in [0.717, 1.165) is 16.7 Å². The number of nitrogens with two attached hydrogens (primary N) is 1. The first-order valence-corrected chi connectivity index (χ1v) is 13.9. The second-order valence-corrected chi connectivity index (χ2v) is 10.1. The molecule has 4 aromatic carbocycles. The number of carbonyl (C=O) groups is 3. The highest BCUT2D eigenvalue weighted by molar-refractivity contribution is 5.89. The molecule has 3 N–H and O–H groups in total. The molecule has 0 saturated heterocycles. The quantitative estimate of drug-likeness (QED) is 0.0985. The minimum absolute atomic E-state index is 0.0821. The Labute approximate surface area is 249 Å². The van der Waals surface area contributed by atoms with Crippen LogP contribution >= 0.6 is 0 Å². The van der Waals surface area contributed by atoms with E-state index in [1.54, 1.807) is 6.92 Å². The molecule has 0 bridgehead atoms. The van der Waals surface area contributed by atoms with Crippen LogP contribution in [-0.2, 0) is 24.5 Å². The van der Waals surface area contributed by atoms with Crippen LogP contribution in [0, 0.1) is 10.1 Å². The van der Waals surface area contributed by atoms with Gasteiger partial charge in [-0.25, -0.2) is 0 Å². The number of amides is 2. The molecule has 43 heavy (non-hydrogen) atoms. The molecule has 9 heteroatoms. The van der Waals surface area contributed by atoms with E-state index in [-0.39, 0.29) is 25.1 Å². The van der Waals surface area contributed by atoms with Crippen molar-refractivity contribution in [2.45, 2.75) is 37.1 Å². The molecule has 4 rings (SSSR count). The number of benzene rings is 4. The van der Waals surface area contributed by atoms with Gasteiger partial charge < -0.3 is 15.8 Å². The first-order valence-electron chi connectivity index (χ1n) is 13.9. The fourth-order valence-electron chi connectivity index (χ4n) is 5.48. The zero-order chi connectivity index (χ0) is 30.8. The largest absolute Gasteiger partial charge is 0.466 e. The minimum Gasteiger partial charge on any atom is -0.466 e. The van der Waals surface area contributed by atoms with Crippen LogP contribution in [0.2, 0.25) is 0 Å². The zero-order valence-corrected chi connectivity index (χ0v) is 23.7. The number of nitrogens with one attached hydrogen (secondary N) is 1. The third kappa shape index (κ3) is 7.13. The van der Waals surface area contributed by atoms with Gasteiger partial charge in [0.05, 0.1) is 23.4 Å². The monoisotopic (exact) mass is 579 g/mol. The van der Waals surface area contributed by atoms with Crippen molar-refractivity contribution in [1.82, 2.24) is 5.32 Å². The van der Waals surface area contributed by atoms with Crippen LogP contribution in [0.3, 0.4) is 0 Å². The van der Waals surface area contributed by atoms with Gasteiger partial charge in [0.1, 0.15) is 6.04 Å². The predicted molar refractivity (Wildman–Crippen MR) is 162 cm³/mol. The Morgan fingerprint density at radius 1 is 0.814 bits per heavy atom. The standard InChI is InChI=1S/C34H33N3O6/c1-2-43-31(39)22-29(24-18-20-28(21-19-24)37(41)42)32(33(35)40)36-30(38)23-34(25-12-6-3-7-13-25,26-14-8-4-9-15-26)27-16-10-5-11-17-27/h3-21,29,32H,2,22-23H2,1H3,(H2,35,40)(H,36,38)/t29-,32+/m1/s1. The molecule has 9 nitrogen and oxygen atoms in total. The Balaban J connectivity index is 1.77. The smallest absolute Gasteiger partial charge is 0.306 e. The average molecular weight is 580 g/mol. The van der Waals surface area contributed by atoms with E-state index in [1.165, 1.54) is 24.3 Å². The Morgan fingerprint density at radius 3 is 1.67 bits per heavy atom. The molecule has 0 saturated carbocycles. The maximum absolute atomic E-state index is 14.1. The van der Waals surface area contributed by atoms with Crippen LogP contribution in [-0.4, -0.2) is 35.4 Å². The maximum Gasteiger partial charge on any atom is 0.306 e. The van der Waals surface area contributed by atoms with Crippen molar-refractivity contribution >= 4 is 23.5 Å². The second kappa shape index (κ2) is 14.0. The van der Waals surface area contributed by atoms with E-state index in [2.05, 4.69) is 5.32 Å². The highest BCUT2D eigenvalue weighted by Gasteiger charge is 2.40. The van der Waals surface area contributed by atoms with Gasteiger partial charge in [-0.1, -0.05) is 103 Å². The van der Waals surface area contributed by atoms with Crippen LogP contribution in [0.5, 0.6) is 0 Å². The molecule has 0 fully saturated rings. The molecule has 4 aromatic rings. The van der Waals surface area contributed by atoms with E-state index in [1.807, 2.05) is 91.0 Å². The van der Waals surface area contributed by atoms with Gasteiger partial charge in [-0.3, -0.25) is 24.5 Å². The van der Waals surface area contributed by atoms with Crippen molar-refractivity contribution < 1.29 is 24.0 Å². The van der Waals surface area contributed by atoms with Gasteiger partial charge in [-0.05, 0) is 29.2 Å².